The Labute approximate surface area is 102 Å². The van der Waals surface area contributed by atoms with Crippen LogP contribution in [0.2, 0.25) is 0 Å². The van der Waals surface area contributed by atoms with Crippen LogP contribution in [0.25, 0.3) is 10.9 Å². The van der Waals surface area contributed by atoms with Gasteiger partial charge in [-0.2, -0.15) is 0 Å². The Balaban J connectivity index is 2.36. The quantitative estimate of drug-likeness (QED) is 0.658. The smallest absolute Gasteiger partial charge is 0.329 e. The van der Waals surface area contributed by atoms with Crippen molar-refractivity contribution < 1.29 is 5.11 Å². The fourth-order valence-corrected chi connectivity index (χ4v) is 2.45. The number of aromatic nitrogens is 2. The number of nitrogens with one attached hydrogen (secondary N) is 2. The van der Waals surface area contributed by atoms with Crippen LogP contribution >= 0.6 is 0 Å². The van der Waals surface area contributed by atoms with Gasteiger partial charge in [-0.1, -0.05) is 6.07 Å². The summed E-state index contributed by atoms with van der Waals surface area (Å²) in [6.07, 6.45) is 0.738. The molecule has 1 aliphatic rings. The second kappa shape index (κ2) is 3.99. The molecule has 0 bridgehead atoms. The van der Waals surface area contributed by atoms with Crippen molar-refractivity contribution in [1.29, 1.82) is 0 Å². The molecule has 2 aromatic rings. The Morgan fingerprint density at radius 3 is 2.89 bits per heavy atom. The van der Waals surface area contributed by atoms with Crippen molar-refractivity contribution in [2.75, 3.05) is 13.1 Å². The van der Waals surface area contributed by atoms with Gasteiger partial charge in [0.1, 0.15) is 11.1 Å². The van der Waals surface area contributed by atoms with Gasteiger partial charge in [0, 0.05) is 6.54 Å². The van der Waals surface area contributed by atoms with Gasteiger partial charge in [-0.05, 0) is 25.1 Å². The fourth-order valence-electron chi connectivity index (χ4n) is 2.45. The van der Waals surface area contributed by atoms with Gasteiger partial charge in [-0.3, -0.25) is 9.36 Å². The molecule has 18 heavy (non-hydrogen) atoms. The fraction of sp³-hybridized carbons (Fsp3) is 0.333. The van der Waals surface area contributed by atoms with Crippen LogP contribution in [0.5, 0.6) is 5.75 Å². The van der Waals surface area contributed by atoms with Crippen molar-refractivity contribution in [3.8, 4) is 5.75 Å². The van der Waals surface area contributed by atoms with E-state index in [2.05, 4.69) is 10.3 Å². The molecular weight excluding hydrogens is 234 g/mol. The Bertz CT molecular complexity index is 711. The normalized spacial score (nSPS) is 19.4. The Morgan fingerprint density at radius 2 is 2.17 bits per heavy atom. The summed E-state index contributed by atoms with van der Waals surface area (Å²) >= 11 is 0. The van der Waals surface area contributed by atoms with Gasteiger partial charge in [-0.15, -0.1) is 0 Å². The summed E-state index contributed by atoms with van der Waals surface area (Å²) in [6.45, 7) is 1.39. The van der Waals surface area contributed by atoms with Crippen molar-refractivity contribution in [2.45, 2.75) is 12.5 Å². The van der Waals surface area contributed by atoms with Crippen molar-refractivity contribution in [1.82, 2.24) is 14.9 Å². The lowest BCUT2D eigenvalue weighted by Gasteiger charge is -2.12. The summed E-state index contributed by atoms with van der Waals surface area (Å²) in [4.78, 5) is 26.9. The van der Waals surface area contributed by atoms with Gasteiger partial charge in [0.2, 0.25) is 0 Å². The van der Waals surface area contributed by atoms with Crippen molar-refractivity contribution in [2.24, 2.45) is 0 Å². The van der Waals surface area contributed by atoms with Crippen LogP contribution in [0.15, 0.2) is 27.8 Å². The van der Waals surface area contributed by atoms with Gasteiger partial charge >= 0.3 is 5.69 Å². The van der Waals surface area contributed by atoms with E-state index in [1.54, 1.807) is 12.1 Å². The molecule has 1 saturated heterocycles. The topological polar surface area (TPSA) is 87.1 Å². The molecule has 2 heterocycles. The second-order valence-electron chi connectivity index (χ2n) is 4.45. The third-order valence-electron chi connectivity index (χ3n) is 3.33. The highest BCUT2D eigenvalue weighted by molar-refractivity contribution is 5.83. The first-order valence-electron chi connectivity index (χ1n) is 5.85. The standard InChI is InChI=1S/C12H13N3O3/c16-9-3-1-2-8-10(9)11(17)15(12(18)14-8)7-4-5-13-6-7/h1-3,7,13,16H,4-6H2,(H,14,18). The Hall–Kier alpha value is -2.08. The number of phenols is 1. The highest BCUT2D eigenvalue weighted by Gasteiger charge is 2.21. The zero-order valence-electron chi connectivity index (χ0n) is 9.64. The van der Waals surface area contributed by atoms with E-state index < -0.39 is 11.2 Å². The number of hydrogen-bond acceptors (Lipinski definition) is 4. The molecule has 3 rings (SSSR count). The highest BCUT2D eigenvalue weighted by atomic mass is 16.3. The number of phenolic OH excluding ortho intramolecular Hbond substituents is 1. The molecule has 94 valence electrons. The van der Waals surface area contributed by atoms with Crippen molar-refractivity contribution in [3.05, 3.63) is 39.0 Å². The number of aromatic amines is 1. The van der Waals surface area contributed by atoms with Gasteiger partial charge in [0.05, 0.1) is 11.6 Å². The van der Waals surface area contributed by atoms with Crippen LogP contribution < -0.4 is 16.6 Å². The number of benzene rings is 1. The molecule has 0 spiro atoms. The molecule has 0 amide bonds. The third kappa shape index (κ3) is 1.53. The number of nitrogens with zero attached hydrogens (tertiary/aromatic N) is 1. The molecule has 1 aromatic carbocycles. The Morgan fingerprint density at radius 1 is 1.33 bits per heavy atom. The van der Waals surface area contributed by atoms with E-state index in [0.717, 1.165) is 13.0 Å². The SMILES string of the molecule is O=c1[nH]c2cccc(O)c2c(=O)n1C1CCNC1. The first-order chi connectivity index (χ1) is 8.68. The number of rotatable bonds is 1. The minimum atomic E-state index is -0.430. The molecule has 0 radical (unpaired) electrons. The molecule has 1 unspecified atom stereocenters. The predicted octanol–water partition coefficient (Wildman–Crippen LogP) is -0.0702. The lowest BCUT2D eigenvalue weighted by molar-refractivity contribution is 0.476. The summed E-state index contributed by atoms with van der Waals surface area (Å²) in [5, 5.41) is 13.0. The molecule has 0 aliphatic carbocycles. The van der Waals surface area contributed by atoms with E-state index in [0.29, 0.717) is 12.1 Å². The van der Waals surface area contributed by atoms with Crippen molar-refractivity contribution >= 4 is 10.9 Å². The molecule has 0 saturated carbocycles. The van der Waals surface area contributed by atoms with E-state index in [9.17, 15) is 14.7 Å². The molecule has 1 atom stereocenters. The molecule has 1 aliphatic heterocycles. The average Bonchev–Trinajstić information content (AvgIpc) is 2.82. The number of fused-ring (bicyclic) bond motifs is 1. The molecule has 1 fully saturated rings. The van der Waals surface area contributed by atoms with Crippen LogP contribution in [-0.2, 0) is 0 Å². The van der Waals surface area contributed by atoms with Gasteiger partial charge < -0.3 is 15.4 Å². The maximum Gasteiger partial charge on any atom is 0.329 e. The largest absolute Gasteiger partial charge is 0.507 e. The monoisotopic (exact) mass is 247 g/mol. The van der Waals surface area contributed by atoms with Gasteiger partial charge in [0.25, 0.3) is 5.56 Å². The van der Waals surface area contributed by atoms with Gasteiger partial charge in [0.15, 0.2) is 0 Å². The molecule has 6 nitrogen and oxygen atoms in total. The number of hydrogen-bond donors (Lipinski definition) is 3. The minimum Gasteiger partial charge on any atom is -0.507 e. The zero-order valence-corrected chi connectivity index (χ0v) is 9.64. The average molecular weight is 247 g/mol. The van der Waals surface area contributed by atoms with Crippen LogP contribution in [0, 0.1) is 0 Å². The zero-order chi connectivity index (χ0) is 12.7. The van der Waals surface area contributed by atoms with E-state index >= 15 is 0 Å². The molecule has 6 heteroatoms. The van der Waals surface area contributed by atoms with Gasteiger partial charge in [-0.25, -0.2) is 4.79 Å². The Kier molecular flexibility index (Phi) is 2.45. The lowest BCUT2D eigenvalue weighted by Crippen LogP contribution is -2.38. The second-order valence-corrected chi connectivity index (χ2v) is 4.45. The first kappa shape index (κ1) is 11.0. The number of aromatic hydroxyl groups is 1. The number of H-pyrrole nitrogens is 1. The third-order valence-corrected chi connectivity index (χ3v) is 3.33. The maximum absolute atomic E-state index is 12.3. The van der Waals surface area contributed by atoms with Crippen molar-refractivity contribution in [3.63, 3.8) is 0 Å². The van der Waals surface area contributed by atoms with Crippen LogP contribution in [0.4, 0.5) is 0 Å². The van der Waals surface area contributed by atoms with E-state index in [1.165, 1.54) is 10.6 Å². The summed E-state index contributed by atoms with van der Waals surface area (Å²) in [5.41, 5.74) is -0.487. The van der Waals surface area contributed by atoms with Crippen LogP contribution in [-0.4, -0.2) is 27.7 Å². The summed E-state index contributed by atoms with van der Waals surface area (Å²) in [7, 11) is 0. The van der Waals surface area contributed by atoms with Crippen LogP contribution in [0.1, 0.15) is 12.5 Å². The van der Waals surface area contributed by atoms with E-state index in [4.69, 9.17) is 0 Å². The van der Waals surface area contributed by atoms with E-state index in [1.807, 2.05) is 0 Å². The molecule has 1 aromatic heterocycles. The summed E-state index contributed by atoms with van der Waals surface area (Å²) in [5.74, 6) is -0.103. The minimum absolute atomic E-state index is 0.103. The van der Waals surface area contributed by atoms with E-state index in [-0.39, 0.29) is 17.2 Å². The maximum atomic E-state index is 12.3. The summed E-state index contributed by atoms with van der Waals surface area (Å²) < 4.78 is 1.20. The lowest BCUT2D eigenvalue weighted by atomic mass is 10.2. The first-order valence-corrected chi connectivity index (χ1v) is 5.85. The molecular formula is C12H13N3O3. The van der Waals surface area contributed by atoms with Crippen LogP contribution in [0.3, 0.4) is 0 Å². The highest BCUT2D eigenvalue weighted by Crippen LogP contribution is 2.19. The predicted molar refractivity (Wildman–Crippen MR) is 67.0 cm³/mol. The molecule has 3 N–H and O–H groups in total. The summed E-state index contributed by atoms with van der Waals surface area (Å²) in [6, 6.07) is 4.49.